The lowest BCUT2D eigenvalue weighted by molar-refractivity contribution is 0.416. The molecule has 5 heteroatoms. The highest BCUT2D eigenvalue weighted by Crippen LogP contribution is 2.32. The van der Waals surface area contributed by atoms with E-state index in [0.29, 0.717) is 22.2 Å². The highest BCUT2D eigenvalue weighted by Gasteiger charge is 2.11. The Morgan fingerprint density at radius 1 is 1.00 bits per heavy atom. The lowest BCUT2D eigenvalue weighted by Crippen LogP contribution is -2.14. The molecule has 1 heterocycles. The van der Waals surface area contributed by atoms with Crippen molar-refractivity contribution in [1.29, 1.82) is 0 Å². The third-order valence-corrected chi connectivity index (χ3v) is 3.09. The Bertz CT molecular complexity index is 892. The standard InChI is InChI=1S/C15H11NO4/c1-19-12-8-3-2-5-9(12)10-6-4-7-11-13(10)16-15(18)20-14(11)17/h2-8H,1H3,(H,16,18). The zero-order valence-electron chi connectivity index (χ0n) is 10.7. The third kappa shape index (κ3) is 1.89. The molecule has 0 saturated heterocycles. The molecule has 0 atom stereocenters. The Kier molecular flexibility index (Phi) is 2.87. The van der Waals surface area contributed by atoms with Crippen LogP contribution in [0.5, 0.6) is 5.75 Å². The summed E-state index contributed by atoms with van der Waals surface area (Å²) in [5.74, 6) is -0.112. The molecule has 0 aliphatic heterocycles. The van der Waals surface area contributed by atoms with Crippen molar-refractivity contribution in [2.45, 2.75) is 0 Å². The van der Waals surface area contributed by atoms with Gasteiger partial charge in [0.2, 0.25) is 0 Å². The Morgan fingerprint density at radius 2 is 1.75 bits per heavy atom. The zero-order valence-corrected chi connectivity index (χ0v) is 10.7. The average Bonchev–Trinajstić information content (AvgIpc) is 2.46. The van der Waals surface area contributed by atoms with Gasteiger partial charge in [0.25, 0.3) is 0 Å². The molecule has 0 aliphatic carbocycles. The van der Waals surface area contributed by atoms with Gasteiger partial charge in [-0.2, -0.15) is 0 Å². The van der Waals surface area contributed by atoms with Crippen LogP contribution in [0.3, 0.4) is 0 Å². The molecule has 0 fully saturated rings. The van der Waals surface area contributed by atoms with E-state index in [9.17, 15) is 9.59 Å². The predicted molar refractivity (Wildman–Crippen MR) is 75.1 cm³/mol. The Balaban J connectivity index is 2.43. The summed E-state index contributed by atoms with van der Waals surface area (Å²) in [6.07, 6.45) is 0. The Labute approximate surface area is 113 Å². The van der Waals surface area contributed by atoms with Crippen molar-refractivity contribution in [1.82, 2.24) is 4.98 Å². The summed E-state index contributed by atoms with van der Waals surface area (Å²) in [7, 11) is 1.57. The second-order valence-corrected chi connectivity index (χ2v) is 4.23. The molecule has 3 rings (SSSR count). The summed E-state index contributed by atoms with van der Waals surface area (Å²) in [6, 6.07) is 12.5. The molecule has 1 N–H and O–H groups in total. The number of methoxy groups -OCH3 is 1. The van der Waals surface area contributed by atoms with Crippen LogP contribution in [-0.2, 0) is 0 Å². The van der Waals surface area contributed by atoms with Crippen molar-refractivity contribution in [3.63, 3.8) is 0 Å². The SMILES string of the molecule is COc1ccccc1-c1cccc2c(=O)oc(=O)[nH]c12. The number of hydrogen-bond acceptors (Lipinski definition) is 4. The van der Waals surface area contributed by atoms with Crippen LogP contribution in [-0.4, -0.2) is 12.1 Å². The van der Waals surface area contributed by atoms with E-state index in [1.165, 1.54) is 0 Å². The highest BCUT2D eigenvalue weighted by atomic mass is 16.5. The first-order chi connectivity index (χ1) is 9.70. The number of nitrogens with one attached hydrogen (secondary N) is 1. The first-order valence-corrected chi connectivity index (χ1v) is 6.00. The molecule has 5 nitrogen and oxygen atoms in total. The maximum atomic E-state index is 11.7. The monoisotopic (exact) mass is 269 g/mol. The lowest BCUT2D eigenvalue weighted by atomic mass is 10.0. The first kappa shape index (κ1) is 12.2. The Morgan fingerprint density at radius 3 is 2.55 bits per heavy atom. The van der Waals surface area contributed by atoms with Gasteiger partial charge in [0.15, 0.2) is 0 Å². The number of H-pyrrole nitrogens is 1. The average molecular weight is 269 g/mol. The largest absolute Gasteiger partial charge is 0.496 e. The fourth-order valence-electron chi connectivity index (χ4n) is 2.22. The van der Waals surface area contributed by atoms with Gasteiger partial charge < -0.3 is 9.15 Å². The van der Waals surface area contributed by atoms with Crippen LogP contribution < -0.4 is 16.1 Å². The van der Waals surface area contributed by atoms with Crippen LogP contribution in [0.15, 0.2) is 56.5 Å². The molecule has 20 heavy (non-hydrogen) atoms. The first-order valence-electron chi connectivity index (χ1n) is 6.00. The van der Waals surface area contributed by atoms with E-state index < -0.39 is 11.4 Å². The quantitative estimate of drug-likeness (QED) is 0.773. The minimum absolute atomic E-state index is 0.327. The maximum absolute atomic E-state index is 11.7. The summed E-state index contributed by atoms with van der Waals surface area (Å²) < 4.78 is 9.86. The van der Waals surface area contributed by atoms with E-state index in [1.807, 2.05) is 30.3 Å². The van der Waals surface area contributed by atoms with Crippen LogP contribution >= 0.6 is 0 Å². The van der Waals surface area contributed by atoms with Crippen LogP contribution in [0.1, 0.15) is 0 Å². The molecule has 1 aromatic heterocycles. The van der Waals surface area contributed by atoms with Gasteiger partial charge in [-0.3, -0.25) is 4.98 Å². The summed E-state index contributed by atoms with van der Waals surface area (Å²) >= 11 is 0. The fraction of sp³-hybridized carbons (Fsp3) is 0.0667. The van der Waals surface area contributed by atoms with E-state index in [1.54, 1.807) is 19.2 Å². The molecule has 0 aliphatic rings. The molecule has 2 aromatic carbocycles. The Hall–Kier alpha value is -2.82. The lowest BCUT2D eigenvalue weighted by Gasteiger charge is -2.10. The smallest absolute Gasteiger partial charge is 0.419 e. The second kappa shape index (κ2) is 4.70. The number of rotatable bonds is 2. The molecule has 0 radical (unpaired) electrons. The van der Waals surface area contributed by atoms with Crippen molar-refractivity contribution in [2.75, 3.05) is 7.11 Å². The van der Waals surface area contributed by atoms with E-state index >= 15 is 0 Å². The topological polar surface area (TPSA) is 72.3 Å². The molecule has 0 unspecified atom stereocenters. The van der Waals surface area contributed by atoms with Crippen LogP contribution in [0.25, 0.3) is 22.0 Å². The van der Waals surface area contributed by atoms with Crippen molar-refractivity contribution in [2.24, 2.45) is 0 Å². The van der Waals surface area contributed by atoms with Crippen molar-refractivity contribution in [3.8, 4) is 16.9 Å². The van der Waals surface area contributed by atoms with Gasteiger partial charge in [0.1, 0.15) is 5.75 Å². The molecule has 0 spiro atoms. The van der Waals surface area contributed by atoms with Crippen LogP contribution in [0.2, 0.25) is 0 Å². The summed E-state index contributed by atoms with van der Waals surface area (Å²) in [5, 5.41) is 0.327. The number of para-hydroxylation sites is 2. The molecular formula is C15H11NO4. The van der Waals surface area contributed by atoms with E-state index in [-0.39, 0.29) is 0 Å². The molecule has 0 saturated carbocycles. The van der Waals surface area contributed by atoms with Crippen molar-refractivity contribution < 1.29 is 9.15 Å². The van der Waals surface area contributed by atoms with Crippen molar-refractivity contribution in [3.05, 3.63) is 63.4 Å². The van der Waals surface area contributed by atoms with Crippen LogP contribution in [0, 0.1) is 0 Å². The van der Waals surface area contributed by atoms with Crippen molar-refractivity contribution >= 4 is 10.9 Å². The van der Waals surface area contributed by atoms with E-state index in [2.05, 4.69) is 9.40 Å². The number of ether oxygens (including phenoxy) is 1. The van der Waals surface area contributed by atoms with Crippen LogP contribution in [0.4, 0.5) is 0 Å². The van der Waals surface area contributed by atoms with Gasteiger partial charge in [-0.05, 0) is 12.1 Å². The normalized spacial score (nSPS) is 10.7. The molecule has 0 bridgehead atoms. The van der Waals surface area contributed by atoms with E-state index in [0.717, 1.165) is 5.56 Å². The number of aromatic nitrogens is 1. The molecule has 100 valence electrons. The molecule has 0 amide bonds. The van der Waals surface area contributed by atoms with Gasteiger partial charge >= 0.3 is 11.4 Å². The number of hydrogen-bond donors (Lipinski definition) is 1. The number of benzene rings is 2. The predicted octanol–water partition coefficient (Wildman–Crippen LogP) is 2.16. The maximum Gasteiger partial charge on any atom is 0.419 e. The summed E-state index contributed by atoms with van der Waals surface area (Å²) in [5.41, 5.74) is 1.30. The number of fused-ring (bicyclic) bond motifs is 1. The second-order valence-electron chi connectivity index (χ2n) is 4.23. The van der Waals surface area contributed by atoms with Gasteiger partial charge in [-0.25, -0.2) is 9.59 Å². The minimum Gasteiger partial charge on any atom is -0.496 e. The fourth-order valence-corrected chi connectivity index (χ4v) is 2.22. The van der Waals surface area contributed by atoms with Gasteiger partial charge in [-0.1, -0.05) is 30.3 Å². The van der Waals surface area contributed by atoms with Gasteiger partial charge in [0.05, 0.1) is 18.0 Å². The number of aromatic amines is 1. The van der Waals surface area contributed by atoms with Gasteiger partial charge in [-0.15, -0.1) is 0 Å². The minimum atomic E-state index is -0.773. The summed E-state index contributed by atoms with van der Waals surface area (Å²) in [4.78, 5) is 25.7. The third-order valence-electron chi connectivity index (χ3n) is 3.09. The van der Waals surface area contributed by atoms with E-state index in [4.69, 9.17) is 4.74 Å². The molecule has 3 aromatic rings. The highest BCUT2D eigenvalue weighted by molar-refractivity contribution is 5.94. The molecular weight excluding hydrogens is 258 g/mol. The van der Waals surface area contributed by atoms with Gasteiger partial charge in [0, 0.05) is 11.1 Å². The summed E-state index contributed by atoms with van der Waals surface area (Å²) in [6.45, 7) is 0. The zero-order chi connectivity index (χ0) is 14.1.